The van der Waals surface area contributed by atoms with Gasteiger partial charge in [-0.25, -0.2) is 0 Å². The third-order valence-electron chi connectivity index (χ3n) is 3.51. The quantitative estimate of drug-likeness (QED) is 0.406. The molecule has 0 fully saturated rings. The number of hydrogen-bond acceptors (Lipinski definition) is 4. The molecule has 0 aliphatic rings. The van der Waals surface area contributed by atoms with Gasteiger partial charge in [-0.2, -0.15) is 4.57 Å². The van der Waals surface area contributed by atoms with Crippen LogP contribution in [0.5, 0.6) is 17.2 Å². The van der Waals surface area contributed by atoms with Gasteiger partial charge in [0.05, 0.1) is 0 Å². The van der Waals surface area contributed by atoms with E-state index >= 15 is 0 Å². The Kier molecular flexibility index (Phi) is 5.70. The summed E-state index contributed by atoms with van der Waals surface area (Å²) in [6.45, 7) is 3.93. The first kappa shape index (κ1) is 18.6. The van der Waals surface area contributed by atoms with Crippen molar-refractivity contribution in [2.45, 2.75) is 13.8 Å². The first-order valence-corrected chi connectivity index (χ1v) is 10.2. The topological polar surface area (TPSA) is 44.8 Å². The van der Waals surface area contributed by atoms with Crippen molar-refractivity contribution in [2.24, 2.45) is 0 Å². The Bertz CT molecular complexity index is 784. The fourth-order valence-electron chi connectivity index (χ4n) is 2.14. The van der Waals surface area contributed by atoms with Crippen molar-refractivity contribution >= 4 is 23.8 Å². The van der Waals surface area contributed by atoms with E-state index in [0.717, 1.165) is 15.6 Å². The van der Waals surface area contributed by atoms with E-state index in [9.17, 15) is 4.57 Å². The lowest BCUT2D eigenvalue weighted by atomic mass is 10.2. The van der Waals surface area contributed by atoms with Crippen molar-refractivity contribution in [3.05, 3.63) is 88.4 Å². The van der Waals surface area contributed by atoms with Crippen LogP contribution in [-0.4, -0.2) is 0 Å². The lowest BCUT2D eigenvalue weighted by Gasteiger charge is -2.19. The molecule has 0 heterocycles. The number of halogens is 1. The monoisotopic (exact) mass is 432 g/mol. The third-order valence-corrected chi connectivity index (χ3v) is 5.34. The van der Waals surface area contributed by atoms with E-state index in [4.69, 9.17) is 13.6 Å². The summed E-state index contributed by atoms with van der Waals surface area (Å²) < 4.78 is 31.1. The molecule has 0 atom stereocenters. The zero-order valence-corrected chi connectivity index (χ0v) is 16.9. The van der Waals surface area contributed by atoms with Crippen LogP contribution in [-0.2, 0) is 4.57 Å². The molecule has 134 valence electrons. The van der Waals surface area contributed by atoms with Gasteiger partial charge in [0.2, 0.25) is 0 Å². The number of hydrogen-bond donors (Lipinski definition) is 0. The molecule has 0 spiro atoms. The zero-order valence-electron chi connectivity index (χ0n) is 14.4. The molecule has 0 unspecified atom stereocenters. The fraction of sp³-hybridized carbons (Fsp3) is 0.100. The first-order chi connectivity index (χ1) is 12.4. The van der Waals surface area contributed by atoms with E-state index in [2.05, 4.69) is 15.9 Å². The Hall–Kier alpha value is -2.23. The Morgan fingerprint density at radius 2 is 0.923 bits per heavy atom. The minimum atomic E-state index is -3.95. The normalized spacial score (nSPS) is 11.0. The summed E-state index contributed by atoms with van der Waals surface area (Å²) in [5.74, 6) is 1.20. The van der Waals surface area contributed by atoms with Gasteiger partial charge in [-0.3, -0.25) is 0 Å². The van der Waals surface area contributed by atoms with Gasteiger partial charge in [0.1, 0.15) is 17.2 Å². The maximum Gasteiger partial charge on any atom is 0.647 e. The second kappa shape index (κ2) is 7.98. The van der Waals surface area contributed by atoms with Gasteiger partial charge >= 0.3 is 7.82 Å². The van der Waals surface area contributed by atoms with Crippen molar-refractivity contribution < 1.29 is 18.1 Å². The van der Waals surface area contributed by atoms with Crippen molar-refractivity contribution in [3.8, 4) is 17.2 Å². The highest BCUT2D eigenvalue weighted by molar-refractivity contribution is 9.10. The zero-order chi connectivity index (χ0) is 18.6. The molecule has 3 aromatic rings. The van der Waals surface area contributed by atoms with Crippen molar-refractivity contribution in [3.63, 3.8) is 0 Å². The van der Waals surface area contributed by atoms with Gasteiger partial charge in [-0.15, -0.1) is 0 Å². The van der Waals surface area contributed by atoms with Gasteiger partial charge < -0.3 is 13.6 Å². The predicted molar refractivity (Wildman–Crippen MR) is 106 cm³/mol. The molecule has 0 N–H and O–H groups in total. The summed E-state index contributed by atoms with van der Waals surface area (Å²) in [7, 11) is -3.95. The maximum atomic E-state index is 13.3. The molecule has 0 amide bonds. The van der Waals surface area contributed by atoms with Crippen LogP contribution in [0.15, 0.2) is 77.3 Å². The molecule has 3 aromatic carbocycles. The summed E-state index contributed by atoms with van der Waals surface area (Å²) in [6.07, 6.45) is 0. The minimum Gasteiger partial charge on any atom is -0.386 e. The largest absolute Gasteiger partial charge is 0.647 e. The van der Waals surface area contributed by atoms with E-state index < -0.39 is 7.82 Å². The molecule has 0 saturated heterocycles. The van der Waals surface area contributed by atoms with Gasteiger partial charge in [-0.05, 0) is 62.4 Å². The van der Waals surface area contributed by atoms with Crippen LogP contribution >= 0.6 is 23.8 Å². The average molecular weight is 433 g/mol. The summed E-state index contributed by atoms with van der Waals surface area (Å²) >= 11 is 3.36. The van der Waals surface area contributed by atoms with Crippen molar-refractivity contribution in [1.29, 1.82) is 0 Å². The summed E-state index contributed by atoms with van der Waals surface area (Å²) in [6, 6.07) is 21.3. The first-order valence-electron chi connectivity index (χ1n) is 8.00. The highest BCUT2D eigenvalue weighted by Crippen LogP contribution is 2.49. The van der Waals surface area contributed by atoms with Crippen molar-refractivity contribution in [1.82, 2.24) is 0 Å². The minimum absolute atomic E-state index is 0.385. The smallest absolute Gasteiger partial charge is 0.386 e. The standard InChI is InChI=1S/C20H18BrO4P/c1-15-3-9-18(10-4-15)23-26(22,24-19-11-5-16(2)6-12-19)25-20-13-7-17(21)8-14-20/h3-14H,1-2H3. The summed E-state index contributed by atoms with van der Waals surface area (Å²) in [4.78, 5) is 0. The Balaban J connectivity index is 1.88. The molecule has 4 nitrogen and oxygen atoms in total. The third kappa shape index (κ3) is 5.13. The maximum absolute atomic E-state index is 13.3. The number of phosphoric acid groups is 1. The highest BCUT2D eigenvalue weighted by Gasteiger charge is 2.33. The fourth-order valence-corrected chi connectivity index (χ4v) is 3.65. The number of benzene rings is 3. The lowest BCUT2D eigenvalue weighted by molar-refractivity contribution is 0.298. The molecule has 26 heavy (non-hydrogen) atoms. The van der Waals surface area contributed by atoms with Crippen molar-refractivity contribution in [2.75, 3.05) is 0 Å². The lowest BCUT2D eigenvalue weighted by Crippen LogP contribution is -2.07. The SMILES string of the molecule is Cc1ccc(OP(=O)(Oc2ccc(C)cc2)Oc2ccc(Br)cc2)cc1. The van der Waals surface area contributed by atoms with E-state index in [0.29, 0.717) is 17.2 Å². The molecule has 0 aliphatic heterocycles. The second-order valence-electron chi connectivity index (χ2n) is 5.80. The molecule has 0 aromatic heterocycles. The Morgan fingerprint density at radius 3 is 1.27 bits per heavy atom. The molecule has 0 radical (unpaired) electrons. The molecule has 0 saturated carbocycles. The van der Waals surface area contributed by atoms with Crippen LogP contribution in [0.4, 0.5) is 0 Å². The molecule has 0 aliphatic carbocycles. The highest BCUT2D eigenvalue weighted by atomic mass is 79.9. The van der Waals surface area contributed by atoms with Crippen LogP contribution in [0.1, 0.15) is 11.1 Å². The molecule has 6 heteroatoms. The van der Waals surface area contributed by atoms with Gasteiger partial charge in [0, 0.05) is 4.47 Å². The number of rotatable bonds is 6. The summed E-state index contributed by atoms with van der Waals surface area (Å²) in [5.41, 5.74) is 2.14. The van der Waals surface area contributed by atoms with Crippen LogP contribution < -0.4 is 13.6 Å². The van der Waals surface area contributed by atoms with E-state index in [1.807, 2.05) is 38.1 Å². The average Bonchev–Trinajstić information content (AvgIpc) is 2.61. The predicted octanol–water partition coefficient (Wildman–Crippen LogP) is 6.71. The number of aryl methyl sites for hydroxylation is 2. The molecule has 3 rings (SSSR count). The molecular formula is C20H18BrO4P. The van der Waals surface area contributed by atoms with Crippen LogP contribution in [0.25, 0.3) is 0 Å². The van der Waals surface area contributed by atoms with E-state index in [-0.39, 0.29) is 0 Å². The Morgan fingerprint density at radius 1 is 0.615 bits per heavy atom. The van der Waals surface area contributed by atoms with Gasteiger partial charge in [-0.1, -0.05) is 51.3 Å². The Labute approximate surface area is 161 Å². The molecule has 0 bridgehead atoms. The summed E-state index contributed by atoms with van der Waals surface area (Å²) in [5, 5.41) is 0. The van der Waals surface area contributed by atoms with Crippen LogP contribution in [0.3, 0.4) is 0 Å². The van der Waals surface area contributed by atoms with E-state index in [1.165, 1.54) is 0 Å². The second-order valence-corrected chi connectivity index (χ2v) is 8.16. The van der Waals surface area contributed by atoms with E-state index in [1.54, 1.807) is 48.5 Å². The van der Waals surface area contributed by atoms with Gasteiger partial charge in [0.25, 0.3) is 0 Å². The van der Waals surface area contributed by atoms with Gasteiger partial charge in [0.15, 0.2) is 0 Å². The number of phosphoric ester groups is 1. The molecular weight excluding hydrogens is 415 g/mol. The van der Waals surface area contributed by atoms with Crippen LogP contribution in [0.2, 0.25) is 0 Å². The van der Waals surface area contributed by atoms with Crippen LogP contribution in [0, 0.1) is 13.8 Å².